The SMILES string of the molecule is Cc1nc(SCC(=O)NCC(=O)NC(C)C)nc(C)c1C. The molecule has 1 aromatic rings. The lowest BCUT2D eigenvalue weighted by molar-refractivity contribution is -0.125. The minimum atomic E-state index is -0.210. The molecule has 0 aliphatic heterocycles. The molecule has 0 unspecified atom stereocenters. The fourth-order valence-electron chi connectivity index (χ4n) is 1.54. The molecule has 2 N–H and O–H groups in total. The first-order valence-electron chi connectivity index (χ1n) is 6.80. The van der Waals surface area contributed by atoms with Crippen molar-refractivity contribution in [2.24, 2.45) is 0 Å². The molecular weight excluding hydrogens is 288 g/mol. The predicted octanol–water partition coefficient (Wildman–Crippen LogP) is 1.13. The lowest BCUT2D eigenvalue weighted by Crippen LogP contribution is -2.40. The van der Waals surface area contributed by atoms with E-state index in [0.29, 0.717) is 5.16 Å². The number of aryl methyl sites for hydroxylation is 2. The largest absolute Gasteiger partial charge is 0.352 e. The third kappa shape index (κ3) is 6.12. The Kier molecular flexibility index (Phi) is 6.61. The molecule has 1 heterocycles. The molecule has 0 aliphatic rings. The molecule has 0 saturated carbocycles. The zero-order chi connectivity index (χ0) is 16.0. The minimum Gasteiger partial charge on any atom is -0.352 e. The van der Waals surface area contributed by atoms with Gasteiger partial charge in [0.25, 0.3) is 0 Å². The maximum atomic E-state index is 11.7. The van der Waals surface area contributed by atoms with Crippen LogP contribution in [0.15, 0.2) is 5.16 Å². The highest BCUT2D eigenvalue weighted by molar-refractivity contribution is 7.99. The normalized spacial score (nSPS) is 10.6. The summed E-state index contributed by atoms with van der Waals surface area (Å²) < 4.78 is 0. The first-order valence-corrected chi connectivity index (χ1v) is 7.79. The number of amides is 2. The van der Waals surface area contributed by atoms with Crippen LogP contribution in [0.2, 0.25) is 0 Å². The Morgan fingerprint density at radius 3 is 2.19 bits per heavy atom. The third-order valence-electron chi connectivity index (χ3n) is 2.84. The lowest BCUT2D eigenvalue weighted by Gasteiger charge is -2.09. The van der Waals surface area contributed by atoms with Crippen LogP contribution < -0.4 is 10.6 Å². The maximum absolute atomic E-state index is 11.7. The van der Waals surface area contributed by atoms with Crippen LogP contribution in [0.5, 0.6) is 0 Å². The maximum Gasteiger partial charge on any atom is 0.239 e. The van der Waals surface area contributed by atoms with E-state index in [-0.39, 0.29) is 30.2 Å². The molecule has 0 bridgehead atoms. The van der Waals surface area contributed by atoms with Crippen LogP contribution in [-0.4, -0.2) is 40.1 Å². The van der Waals surface area contributed by atoms with E-state index in [4.69, 9.17) is 0 Å². The molecule has 0 radical (unpaired) electrons. The molecule has 0 fully saturated rings. The second-order valence-corrected chi connectivity index (χ2v) is 6.03. The average molecular weight is 310 g/mol. The summed E-state index contributed by atoms with van der Waals surface area (Å²) in [5.41, 5.74) is 2.90. The number of hydrogen-bond donors (Lipinski definition) is 2. The molecule has 2 amide bonds. The van der Waals surface area contributed by atoms with E-state index in [1.54, 1.807) is 0 Å². The summed E-state index contributed by atoms with van der Waals surface area (Å²) in [4.78, 5) is 31.7. The molecule has 0 aromatic carbocycles. The Hall–Kier alpha value is -1.63. The van der Waals surface area contributed by atoms with E-state index in [2.05, 4.69) is 20.6 Å². The van der Waals surface area contributed by atoms with E-state index >= 15 is 0 Å². The van der Waals surface area contributed by atoms with Crippen LogP contribution in [0.3, 0.4) is 0 Å². The molecule has 0 saturated heterocycles. The van der Waals surface area contributed by atoms with Crippen molar-refractivity contribution in [3.63, 3.8) is 0 Å². The van der Waals surface area contributed by atoms with E-state index in [1.165, 1.54) is 11.8 Å². The summed E-state index contributed by atoms with van der Waals surface area (Å²) in [5.74, 6) is -0.211. The van der Waals surface area contributed by atoms with Gasteiger partial charge in [0.15, 0.2) is 5.16 Å². The van der Waals surface area contributed by atoms with Gasteiger partial charge in [0.05, 0.1) is 12.3 Å². The van der Waals surface area contributed by atoms with Gasteiger partial charge in [-0.3, -0.25) is 9.59 Å². The summed E-state index contributed by atoms with van der Waals surface area (Å²) in [6.45, 7) is 9.54. The highest BCUT2D eigenvalue weighted by atomic mass is 32.2. The number of aromatic nitrogens is 2. The summed E-state index contributed by atoms with van der Waals surface area (Å²) >= 11 is 1.27. The van der Waals surface area contributed by atoms with Gasteiger partial charge in [-0.2, -0.15) is 0 Å². The third-order valence-corrected chi connectivity index (χ3v) is 3.69. The highest BCUT2D eigenvalue weighted by Gasteiger charge is 2.10. The van der Waals surface area contributed by atoms with Crippen molar-refractivity contribution in [2.45, 2.75) is 45.8 Å². The van der Waals surface area contributed by atoms with Gasteiger partial charge in [-0.1, -0.05) is 11.8 Å². The average Bonchev–Trinajstić information content (AvgIpc) is 2.39. The fourth-order valence-corrected chi connectivity index (χ4v) is 2.30. The zero-order valence-electron chi connectivity index (χ0n) is 13.1. The van der Waals surface area contributed by atoms with Gasteiger partial charge in [0, 0.05) is 17.4 Å². The highest BCUT2D eigenvalue weighted by Crippen LogP contribution is 2.16. The van der Waals surface area contributed by atoms with Crippen LogP contribution in [0.25, 0.3) is 0 Å². The second kappa shape index (κ2) is 7.97. The van der Waals surface area contributed by atoms with E-state index in [1.807, 2.05) is 34.6 Å². The minimum absolute atomic E-state index is 0.00954. The predicted molar refractivity (Wildman–Crippen MR) is 83.3 cm³/mol. The Morgan fingerprint density at radius 2 is 1.67 bits per heavy atom. The molecule has 0 atom stereocenters. The summed E-state index contributed by atoms with van der Waals surface area (Å²) in [6.07, 6.45) is 0. The van der Waals surface area contributed by atoms with Gasteiger partial charge < -0.3 is 10.6 Å². The molecule has 1 aromatic heterocycles. The van der Waals surface area contributed by atoms with Gasteiger partial charge in [-0.25, -0.2) is 9.97 Å². The molecular formula is C14H22N4O2S. The van der Waals surface area contributed by atoms with Crippen LogP contribution >= 0.6 is 11.8 Å². The molecule has 0 spiro atoms. The Balaban J connectivity index is 2.41. The Morgan fingerprint density at radius 1 is 1.10 bits per heavy atom. The van der Waals surface area contributed by atoms with Gasteiger partial charge >= 0.3 is 0 Å². The van der Waals surface area contributed by atoms with Crippen molar-refractivity contribution in [3.8, 4) is 0 Å². The number of rotatable bonds is 6. The number of hydrogen-bond acceptors (Lipinski definition) is 5. The summed E-state index contributed by atoms with van der Waals surface area (Å²) in [5, 5.41) is 5.86. The van der Waals surface area contributed by atoms with E-state index < -0.39 is 0 Å². The standard InChI is InChI=1S/C14H22N4O2S/c1-8(2)16-12(19)6-15-13(20)7-21-14-17-10(4)9(3)11(5)18-14/h8H,6-7H2,1-5H3,(H,15,20)(H,16,19). The molecule has 21 heavy (non-hydrogen) atoms. The topological polar surface area (TPSA) is 84.0 Å². The van der Waals surface area contributed by atoms with Crippen molar-refractivity contribution in [3.05, 3.63) is 17.0 Å². The van der Waals surface area contributed by atoms with Crippen molar-refractivity contribution >= 4 is 23.6 Å². The van der Waals surface area contributed by atoms with Crippen molar-refractivity contribution in [2.75, 3.05) is 12.3 Å². The molecule has 6 nitrogen and oxygen atoms in total. The van der Waals surface area contributed by atoms with Crippen molar-refractivity contribution in [1.29, 1.82) is 0 Å². The number of nitrogens with zero attached hydrogens (tertiary/aromatic N) is 2. The monoisotopic (exact) mass is 310 g/mol. The number of nitrogens with one attached hydrogen (secondary N) is 2. The van der Waals surface area contributed by atoms with Gasteiger partial charge in [-0.05, 0) is 40.2 Å². The van der Waals surface area contributed by atoms with Crippen LogP contribution in [-0.2, 0) is 9.59 Å². The number of thioether (sulfide) groups is 1. The van der Waals surface area contributed by atoms with Crippen molar-refractivity contribution in [1.82, 2.24) is 20.6 Å². The van der Waals surface area contributed by atoms with Crippen LogP contribution in [0, 0.1) is 20.8 Å². The lowest BCUT2D eigenvalue weighted by atomic mass is 10.2. The first-order chi connectivity index (χ1) is 9.79. The summed E-state index contributed by atoms with van der Waals surface area (Å²) in [7, 11) is 0. The smallest absolute Gasteiger partial charge is 0.239 e. The number of carbonyl (C=O) groups excluding carboxylic acids is 2. The van der Waals surface area contributed by atoms with Crippen molar-refractivity contribution < 1.29 is 9.59 Å². The summed E-state index contributed by atoms with van der Waals surface area (Å²) in [6, 6.07) is 0.0654. The Bertz CT molecular complexity index is 509. The van der Waals surface area contributed by atoms with E-state index in [0.717, 1.165) is 17.0 Å². The van der Waals surface area contributed by atoms with Gasteiger partial charge in [-0.15, -0.1) is 0 Å². The fraction of sp³-hybridized carbons (Fsp3) is 0.571. The van der Waals surface area contributed by atoms with Gasteiger partial charge in [0.2, 0.25) is 11.8 Å². The quantitative estimate of drug-likeness (QED) is 0.608. The van der Waals surface area contributed by atoms with Gasteiger partial charge in [0.1, 0.15) is 0 Å². The molecule has 0 aliphatic carbocycles. The molecule has 1 rings (SSSR count). The number of carbonyl (C=O) groups is 2. The second-order valence-electron chi connectivity index (χ2n) is 5.09. The zero-order valence-corrected chi connectivity index (χ0v) is 13.9. The van der Waals surface area contributed by atoms with Crippen LogP contribution in [0.1, 0.15) is 30.8 Å². The Labute approximate surface area is 129 Å². The molecule has 7 heteroatoms. The first kappa shape index (κ1) is 17.4. The van der Waals surface area contributed by atoms with E-state index in [9.17, 15) is 9.59 Å². The van der Waals surface area contributed by atoms with Crippen LogP contribution in [0.4, 0.5) is 0 Å². The molecule has 116 valence electrons.